The predicted molar refractivity (Wildman–Crippen MR) is 78.9 cm³/mol. The smallest absolute Gasteiger partial charge is 0.141 e. The first-order valence-electron chi connectivity index (χ1n) is 6.40. The van der Waals surface area contributed by atoms with Crippen molar-refractivity contribution < 1.29 is 4.39 Å². The number of halogens is 1. The monoisotopic (exact) mass is 279 g/mol. The number of hydrogen-bond donors (Lipinski definition) is 2. The van der Waals surface area contributed by atoms with Crippen molar-refractivity contribution in [3.05, 3.63) is 54.7 Å². The SMILES string of the molecule is Fc1ccc2ncnc(Nc3ccc4cn[nH]c4c3)c2c1. The van der Waals surface area contributed by atoms with E-state index in [1.807, 2.05) is 18.2 Å². The van der Waals surface area contributed by atoms with Gasteiger partial charge in [0.1, 0.15) is 18.0 Å². The molecule has 0 radical (unpaired) electrons. The van der Waals surface area contributed by atoms with Gasteiger partial charge >= 0.3 is 0 Å². The van der Waals surface area contributed by atoms with Crippen LogP contribution in [0, 0.1) is 5.82 Å². The van der Waals surface area contributed by atoms with Gasteiger partial charge in [-0.05, 0) is 36.4 Å². The number of benzene rings is 2. The molecule has 21 heavy (non-hydrogen) atoms. The lowest BCUT2D eigenvalue weighted by molar-refractivity contribution is 0.629. The van der Waals surface area contributed by atoms with Crippen LogP contribution in [0.25, 0.3) is 21.8 Å². The average Bonchev–Trinajstić information content (AvgIpc) is 2.95. The minimum absolute atomic E-state index is 0.315. The van der Waals surface area contributed by atoms with Crippen molar-refractivity contribution in [3.63, 3.8) is 0 Å². The second kappa shape index (κ2) is 4.52. The number of fused-ring (bicyclic) bond motifs is 2. The normalized spacial score (nSPS) is 11.1. The zero-order valence-electron chi connectivity index (χ0n) is 10.8. The van der Waals surface area contributed by atoms with Gasteiger partial charge in [0, 0.05) is 16.5 Å². The molecule has 0 fully saturated rings. The molecular formula is C15H10FN5. The van der Waals surface area contributed by atoms with E-state index in [4.69, 9.17) is 0 Å². The molecule has 0 bridgehead atoms. The molecule has 102 valence electrons. The highest BCUT2D eigenvalue weighted by Gasteiger charge is 2.06. The maximum absolute atomic E-state index is 13.4. The first-order chi connectivity index (χ1) is 10.3. The topological polar surface area (TPSA) is 66.5 Å². The quantitative estimate of drug-likeness (QED) is 0.590. The zero-order valence-corrected chi connectivity index (χ0v) is 10.8. The van der Waals surface area contributed by atoms with Gasteiger partial charge in [-0.2, -0.15) is 5.10 Å². The van der Waals surface area contributed by atoms with Crippen molar-refractivity contribution in [1.29, 1.82) is 0 Å². The van der Waals surface area contributed by atoms with Crippen LogP contribution in [0.1, 0.15) is 0 Å². The highest BCUT2D eigenvalue weighted by molar-refractivity contribution is 5.91. The lowest BCUT2D eigenvalue weighted by Gasteiger charge is -2.08. The molecule has 5 nitrogen and oxygen atoms in total. The van der Waals surface area contributed by atoms with Crippen LogP contribution in [-0.4, -0.2) is 20.2 Å². The molecule has 0 amide bonds. The summed E-state index contributed by atoms with van der Waals surface area (Å²) in [6.45, 7) is 0. The van der Waals surface area contributed by atoms with E-state index < -0.39 is 0 Å². The van der Waals surface area contributed by atoms with Crippen LogP contribution in [0.15, 0.2) is 48.9 Å². The molecule has 2 N–H and O–H groups in total. The van der Waals surface area contributed by atoms with Crippen LogP contribution in [0.2, 0.25) is 0 Å². The van der Waals surface area contributed by atoms with E-state index in [0.717, 1.165) is 16.6 Å². The van der Waals surface area contributed by atoms with Crippen LogP contribution in [-0.2, 0) is 0 Å². The summed E-state index contributed by atoms with van der Waals surface area (Å²) in [5.41, 5.74) is 2.46. The Balaban J connectivity index is 1.81. The number of aromatic amines is 1. The number of nitrogens with zero attached hydrogens (tertiary/aromatic N) is 3. The van der Waals surface area contributed by atoms with Crippen molar-refractivity contribution in [2.24, 2.45) is 0 Å². The van der Waals surface area contributed by atoms with Gasteiger partial charge in [-0.15, -0.1) is 0 Å². The Morgan fingerprint density at radius 1 is 1.05 bits per heavy atom. The van der Waals surface area contributed by atoms with Crippen molar-refractivity contribution in [1.82, 2.24) is 20.2 Å². The Kier molecular flexibility index (Phi) is 2.53. The highest BCUT2D eigenvalue weighted by atomic mass is 19.1. The molecule has 0 saturated heterocycles. The summed E-state index contributed by atoms with van der Waals surface area (Å²) in [5, 5.41) is 11.8. The first kappa shape index (κ1) is 11.8. The fraction of sp³-hybridized carbons (Fsp3) is 0. The number of aromatic nitrogens is 4. The van der Waals surface area contributed by atoms with Crippen LogP contribution >= 0.6 is 0 Å². The summed E-state index contributed by atoms with van der Waals surface area (Å²) >= 11 is 0. The van der Waals surface area contributed by atoms with Gasteiger partial charge in [-0.3, -0.25) is 5.10 Å². The summed E-state index contributed by atoms with van der Waals surface area (Å²) in [5.74, 6) is 0.253. The van der Waals surface area contributed by atoms with Crippen molar-refractivity contribution in [2.75, 3.05) is 5.32 Å². The molecule has 4 rings (SSSR count). The molecule has 0 atom stereocenters. The maximum atomic E-state index is 13.4. The fourth-order valence-corrected chi connectivity index (χ4v) is 2.28. The van der Waals surface area contributed by atoms with Crippen molar-refractivity contribution in [3.8, 4) is 0 Å². The van der Waals surface area contributed by atoms with Crippen LogP contribution < -0.4 is 5.32 Å². The van der Waals surface area contributed by atoms with E-state index in [1.54, 1.807) is 12.3 Å². The third-order valence-electron chi connectivity index (χ3n) is 3.30. The highest BCUT2D eigenvalue weighted by Crippen LogP contribution is 2.25. The van der Waals surface area contributed by atoms with Crippen LogP contribution in [0.4, 0.5) is 15.9 Å². The molecule has 2 aromatic heterocycles. The zero-order chi connectivity index (χ0) is 14.2. The summed E-state index contributed by atoms with van der Waals surface area (Å²) < 4.78 is 13.4. The molecule has 0 spiro atoms. The van der Waals surface area contributed by atoms with E-state index in [0.29, 0.717) is 16.7 Å². The fourth-order valence-electron chi connectivity index (χ4n) is 2.28. The molecule has 6 heteroatoms. The number of nitrogens with one attached hydrogen (secondary N) is 2. The molecule has 0 saturated carbocycles. The van der Waals surface area contributed by atoms with Gasteiger partial charge in [0.2, 0.25) is 0 Å². The Bertz CT molecular complexity index is 947. The maximum Gasteiger partial charge on any atom is 0.141 e. The molecule has 4 aromatic rings. The van der Waals surface area contributed by atoms with E-state index in [-0.39, 0.29) is 5.82 Å². The lowest BCUT2D eigenvalue weighted by atomic mass is 10.2. The minimum atomic E-state index is -0.315. The molecule has 2 heterocycles. The lowest BCUT2D eigenvalue weighted by Crippen LogP contribution is -1.96. The van der Waals surface area contributed by atoms with Gasteiger partial charge in [0.25, 0.3) is 0 Å². The van der Waals surface area contributed by atoms with Crippen molar-refractivity contribution >= 4 is 33.3 Å². The first-order valence-corrected chi connectivity index (χ1v) is 6.40. The summed E-state index contributed by atoms with van der Waals surface area (Å²) in [6, 6.07) is 10.2. The van der Waals surface area contributed by atoms with E-state index >= 15 is 0 Å². The largest absolute Gasteiger partial charge is 0.340 e. The Morgan fingerprint density at radius 3 is 2.95 bits per heavy atom. The molecule has 0 unspecified atom stereocenters. The summed E-state index contributed by atoms with van der Waals surface area (Å²) in [4.78, 5) is 8.33. The molecular weight excluding hydrogens is 269 g/mol. The number of H-pyrrole nitrogens is 1. The van der Waals surface area contributed by atoms with Crippen molar-refractivity contribution in [2.45, 2.75) is 0 Å². The van der Waals surface area contributed by atoms with Gasteiger partial charge in [-0.1, -0.05) is 0 Å². The third-order valence-corrected chi connectivity index (χ3v) is 3.30. The molecule has 2 aromatic carbocycles. The Labute approximate surface area is 118 Å². The predicted octanol–water partition coefficient (Wildman–Crippen LogP) is 3.39. The summed E-state index contributed by atoms with van der Waals surface area (Å²) in [6.07, 6.45) is 3.21. The summed E-state index contributed by atoms with van der Waals surface area (Å²) in [7, 11) is 0. The number of anilines is 2. The molecule has 0 aliphatic rings. The standard InChI is InChI=1S/C15H10FN5/c16-10-2-4-13-12(5-10)15(18-8-17-13)20-11-3-1-9-7-19-21-14(9)6-11/h1-8H,(H,19,21)(H,17,18,20). The van der Waals surface area contributed by atoms with E-state index in [1.165, 1.54) is 18.5 Å². The third kappa shape index (κ3) is 2.06. The number of hydrogen-bond acceptors (Lipinski definition) is 4. The molecule has 0 aliphatic heterocycles. The van der Waals surface area contributed by atoms with Crippen LogP contribution in [0.3, 0.4) is 0 Å². The van der Waals surface area contributed by atoms with Gasteiger partial charge in [0.15, 0.2) is 0 Å². The van der Waals surface area contributed by atoms with Crippen LogP contribution in [0.5, 0.6) is 0 Å². The minimum Gasteiger partial charge on any atom is -0.340 e. The van der Waals surface area contributed by atoms with Gasteiger partial charge in [0.05, 0.1) is 17.2 Å². The average molecular weight is 279 g/mol. The van der Waals surface area contributed by atoms with E-state index in [2.05, 4.69) is 25.5 Å². The van der Waals surface area contributed by atoms with Gasteiger partial charge in [-0.25, -0.2) is 14.4 Å². The Morgan fingerprint density at radius 2 is 2.00 bits per heavy atom. The van der Waals surface area contributed by atoms with Gasteiger partial charge < -0.3 is 5.32 Å². The van der Waals surface area contributed by atoms with E-state index in [9.17, 15) is 4.39 Å². The number of rotatable bonds is 2. The second-order valence-electron chi connectivity index (χ2n) is 4.68. The Hall–Kier alpha value is -3.02. The molecule has 0 aliphatic carbocycles. The second-order valence-corrected chi connectivity index (χ2v) is 4.68.